The number of nitrogens with one attached hydrogen (secondary N) is 1. The summed E-state index contributed by atoms with van der Waals surface area (Å²) in [5.41, 5.74) is 4.42. The van der Waals surface area contributed by atoms with Crippen molar-refractivity contribution >= 4 is 22.6 Å². The number of carbonyl (C=O) groups is 1. The fourth-order valence-corrected chi connectivity index (χ4v) is 4.63. The molecule has 0 spiro atoms. The van der Waals surface area contributed by atoms with Crippen LogP contribution in [0.5, 0.6) is 11.5 Å². The summed E-state index contributed by atoms with van der Waals surface area (Å²) in [4.78, 5) is 28.1. The maximum Gasteiger partial charge on any atom is 0.360 e. The SMILES string of the molecule is COc1ccc(C(=O)Nc2cc3ccc(OCCCN(C)Cc4ccccc4)c(C)c3oc2=O)cc1CC=C(C)C. The lowest BCUT2D eigenvalue weighted by atomic mass is 10.0. The van der Waals surface area contributed by atoms with E-state index < -0.39 is 11.5 Å². The van der Waals surface area contributed by atoms with E-state index in [1.807, 2.05) is 51.1 Å². The Bertz CT molecular complexity index is 1590. The van der Waals surface area contributed by atoms with Crippen LogP contribution in [0.2, 0.25) is 0 Å². The molecule has 4 aromatic rings. The smallest absolute Gasteiger partial charge is 0.360 e. The van der Waals surface area contributed by atoms with Gasteiger partial charge >= 0.3 is 5.63 Å². The van der Waals surface area contributed by atoms with Crippen LogP contribution in [0, 0.1) is 6.92 Å². The number of amides is 1. The first-order chi connectivity index (χ1) is 19.7. The van der Waals surface area contributed by atoms with Gasteiger partial charge in [-0.15, -0.1) is 0 Å². The number of hydrogen-bond acceptors (Lipinski definition) is 6. The van der Waals surface area contributed by atoms with E-state index in [4.69, 9.17) is 13.9 Å². The maximum absolute atomic E-state index is 13.0. The van der Waals surface area contributed by atoms with Crippen LogP contribution in [0.4, 0.5) is 5.69 Å². The summed E-state index contributed by atoms with van der Waals surface area (Å²) >= 11 is 0. The predicted octanol–water partition coefficient (Wildman–Crippen LogP) is 6.77. The van der Waals surface area contributed by atoms with Crippen LogP contribution in [-0.2, 0) is 13.0 Å². The van der Waals surface area contributed by atoms with Gasteiger partial charge in [0.15, 0.2) is 0 Å². The molecule has 3 aromatic carbocycles. The summed E-state index contributed by atoms with van der Waals surface area (Å²) in [7, 11) is 3.70. The number of anilines is 1. The fourth-order valence-electron chi connectivity index (χ4n) is 4.63. The molecule has 0 aliphatic rings. The van der Waals surface area contributed by atoms with Gasteiger partial charge in [-0.25, -0.2) is 4.79 Å². The molecule has 0 saturated heterocycles. The van der Waals surface area contributed by atoms with Crippen molar-refractivity contribution in [2.24, 2.45) is 0 Å². The van der Waals surface area contributed by atoms with Gasteiger partial charge < -0.3 is 24.1 Å². The Balaban J connectivity index is 1.41. The van der Waals surface area contributed by atoms with Crippen LogP contribution in [0.3, 0.4) is 0 Å². The Labute approximate surface area is 241 Å². The minimum atomic E-state index is -0.619. The average Bonchev–Trinajstić information content (AvgIpc) is 2.96. The number of benzene rings is 3. The number of rotatable bonds is 12. The monoisotopic (exact) mass is 554 g/mol. The highest BCUT2D eigenvalue weighted by Crippen LogP contribution is 2.28. The van der Waals surface area contributed by atoms with Gasteiger partial charge in [0.1, 0.15) is 22.8 Å². The zero-order valence-electron chi connectivity index (χ0n) is 24.5. The molecule has 0 aliphatic heterocycles. The van der Waals surface area contributed by atoms with E-state index in [1.54, 1.807) is 31.4 Å². The summed E-state index contributed by atoms with van der Waals surface area (Å²) in [6.07, 6.45) is 3.57. The van der Waals surface area contributed by atoms with Crippen molar-refractivity contribution in [3.05, 3.63) is 111 Å². The number of carbonyl (C=O) groups excluding carboxylic acids is 1. The van der Waals surface area contributed by atoms with E-state index in [2.05, 4.69) is 35.5 Å². The number of aryl methyl sites for hydroxylation is 1. The number of ether oxygens (including phenoxy) is 2. The van der Waals surface area contributed by atoms with E-state index in [1.165, 1.54) is 11.1 Å². The average molecular weight is 555 g/mol. The van der Waals surface area contributed by atoms with Crippen molar-refractivity contribution in [2.75, 3.05) is 32.6 Å². The molecule has 1 N–H and O–H groups in total. The number of allylic oxidation sites excluding steroid dienone is 2. The molecule has 1 aromatic heterocycles. The van der Waals surface area contributed by atoms with E-state index in [9.17, 15) is 9.59 Å². The summed E-state index contributed by atoms with van der Waals surface area (Å²) in [5.74, 6) is 0.980. The van der Waals surface area contributed by atoms with Crippen molar-refractivity contribution < 1.29 is 18.7 Å². The van der Waals surface area contributed by atoms with Crippen LogP contribution >= 0.6 is 0 Å². The lowest BCUT2D eigenvalue weighted by molar-refractivity contribution is 0.102. The molecule has 0 bridgehead atoms. The summed E-state index contributed by atoms with van der Waals surface area (Å²) in [5, 5.41) is 3.42. The van der Waals surface area contributed by atoms with Gasteiger partial charge in [0.05, 0.1) is 13.7 Å². The first kappa shape index (κ1) is 29.6. The van der Waals surface area contributed by atoms with Gasteiger partial charge in [-0.2, -0.15) is 0 Å². The molecule has 0 radical (unpaired) electrons. The zero-order valence-corrected chi connectivity index (χ0v) is 24.5. The van der Waals surface area contributed by atoms with E-state index >= 15 is 0 Å². The molecule has 41 heavy (non-hydrogen) atoms. The predicted molar refractivity (Wildman–Crippen MR) is 164 cm³/mol. The van der Waals surface area contributed by atoms with Crippen LogP contribution < -0.4 is 20.4 Å². The topological polar surface area (TPSA) is 81.0 Å². The van der Waals surface area contributed by atoms with Crippen LogP contribution in [0.25, 0.3) is 11.0 Å². The standard InChI is InChI=1S/C34H38N2O5/c1-23(2)12-13-26-20-28(15-17-31(26)39-5)33(37)35-29-21-27-14-16-30(24(3)32(27)41-34(29)38)40-19-9-18-36(4)22-25-10-7-6-8-11-25/h6-8,10-12,14-17,20-21H,9,13,18-19,22H2,1-5H3,(H,35,37). The Morgan fingerprint density at radius 1 is 1.02 bits per heavy atom. The summed E-state index contributed by atoms with van der Waals surface area (Å²) in [6, 6.07) is 20.9. The van der Waals surface area contributed by atoms with Crippen molar-refractivity contribution in [1.82, 2.24) is 4.90 Å². The molecular formula is C34H38N2O5. The molecule has 0 fully saturated rings. The summed E-state index contributed by atoms with van der Waals surface area (Å²) < 4.78 is 17.1. The molecule has 1 heterocycles. The van der Waals surface area contributed by atoms with Crippen LogP contribution in [0.15, 0.2) is 87.6 Å². The Morgan fingerprint density at radius 3 is 2.51 bits per heavy atom. The number of nitrogens with zero attached hydrogens (tertiary/aromatic N) is 1. The van der Waals surface area contributed by atoms with E-state index in [-0.39, 0.29) is 5.69 Å². The van der Waals surface area contributed by atoms with Crippen molar-refractivity contribution in [3.63, 3.8) is 0 Å². The normalized spacial score (nSPS) is 11.0. The minimum Gasteiger partial charge on any atom is -0.496 e. The van der Waals surface area contributed by atoms with Crippen molar-refractivity contribution in [2.45, 2.75) is 40.2 Å². The minimum absolute atomic E-state index is 0.0821. The number of methoxy groups -OCH3 is 1. The van der Waals surface area contributed by atoms with E-state index in [0.717, 1.165) is 30.6 Å². The second-order valence-electron chi connectivity index (χ2n) is 10.4. The van der Waals surface area contributed by atoms with Gasteiger partial charge in [0.2, 0.25) is 0 Å². The quantitative estimate of drug-likeness (QED) is 0.118. The highest BCUT2D eigenvalue weighted by atomic mass is 16.5. The molecule has 0 saturated carbocycles. The highest BCUT2D eigenvalue weighted by molar-refractivity contribution is 6.05. The lowest BCUT2D eigenvalue weighted by Crippen LogP contribution is -2.20. The van der Waals surface area contributed by atoms with Gasteiger partial charge in [-0.3, -0.25) is 4.79 Å². The van der Waals surface area contributed by atoms with Crippen molar-refractivity contribution in [1.29, 1.82) is 0 Å². The first-order valence-electron chi connectivity index (χ1n) is 13.8. The lowest BCUT2D eigenvalue weighted by Gasteiger charge is -2.17. The Morgan fingerprint density at radius 2 is 1.78 bits per heavy atom. The largest absolute Gasteiger partial charge is 0.496 e. The number of fused-ring (bicyclic) bond motifs is 1. The molecule has 1 amide bonds. The first-order valence-corrected chi connectivity index (χ1v) is 13.8. The molecule has 4 rings (SSSR count). The van der Waals surface area contributed by atoms with Gasteiger partial charge in [0, 0.05) is 29.6 Å². The van der Waals surface area contributed by atoms with Crippen molar-refractivity contribution in [3.8, 4) is 11.5 Å². The van der Waals surface area contributed by atoms with Crippen LogP contribution in [0.1, 0.15) is 47.3 Å². The van der Waals surface area contributed by atoms with Gasteiger partial charge in [0.25, 0.3) is 5.91 Å². The Hall–Kier alpha value is -4.36. The molecule has 7 heteroatoms. The molecule has 214 valence electrons. The second-order valence-corrected chi connectivity index (χ2v) is 10.4. The fraction of sp³-hybridized carbons (Fsp3) is 0.294. The maximum atomic E-state index is 13.0. The third kappa shape index (κ3) is 7.86. The zero-order chi connectivity index (χ0) is 29.4. The molecule has 0 unspecified atom stereocenters. The highest BCUT2D eigenvalue weighted by Gasteiger charge is 2.15. The molecule has 0 atom stereocenters. The Kier molecular flexibility index (Phi) is 9.98. The molecule has 0 aliphatic carbocycles. The number of hydrogen-bond donors (Lipinski definition) is 1. The van der Waals surface area contributed by atoms with Gasteiger partial charge in [-0.1, -0.05) is 42.0 Å². The van der Waals surface area contributed by atoms with Gasteiger partial charge in [-0.05, 0) is 88.2 Å². The summed E-state index contributed by atoms with van der Waals surface area (Å²) in [6.45, 7) is 8.23. The third-order valence-corrected chi connectivity index (χ3v) is 6.86. The van der Waals surface area contributed by atoms with E-state index in [0.29, 0.717) is 41.1 Å². The second kappa shape index (κ2) is 13.8. The third-order valence-electron chi connectivity index (χ3n) is 6.86. The molecule has 7 nitrogen and oxygen atoms in total. The van der Waals surface area contributed by atoms with Crippen LogP contribution in [-0.4, -0.2) is 38.1 Å². The molecular weight excluding hydrogens is 516 g/mol.